The van der Waals surface area contributed by atoms with E-state index < -0.39 is 16.1 Å². The second-order valence-electron chi connectivity index (χ2n) is 9.87. The molecule has 0 unspecified atom stereocenters. The Kier molecular flexibility index (Phi) is 12.2. The zero-order valence-electron chi connectivity index (χ0n) is 24.2. The molecule has 220 valence electrons. The molecule has 0 bridgehead atoms. The molecule has 0 radical (unpaired) electrons. The number of hydrogen-bond acceptors (Lipinski definition) is 5. The number of carbonyl (C=O) groups excluding carboxylic acids is 2. The van der Waals surface area contributed by atoms with E-state index in [0.29, 0.717) is 37.4 Å². The van der Waals surface area contributed by atoms with Crippen LogP contribution in [0.5, 0.6) is 5.75 Å². The van der Waals surface area contributed by atoms with E-state index in [9.17, 15) is 18.0 Å². The van der Waals surface area contributed by atoms with Crippen LogP contribution in [0.1, 0.15) is 44.2 Å². The first kappa shape index (κ1) is 31.7. The van der Waals surface area contributed by atoms with Crippen molar-refractivity contribution in [1.29, 1.82) is 0 Å². The minimum absolute atomic E-state index is 0.0855. The second-order valence-corrected chi connectivity index (χ2v) is 11.8. The van der Waals surface area contributed by atoms with Gasteiger partial charge in [0.05, 0.1) is 18.6 Å². The fourth-order valence-corrected chi connectivity index (χ4v) is 5.54. The third-order valence-electron chi connectivity index (χ3n) is 6.60. The van der Waals surface area contributed by atoms with Crippen molar-refractivity contribution in [3.8, 4) is 5.75 Å². The summed E-state index contributed by atoms with van der Waals surface area (Å²) in [5, 5.41) is 2.97. The first-order chi connectivity index (χ1) is 19.7. The highest BCUT2D eigenvalue weighted by Gasteiger charge is 2.30. The van der Waals surface area contributed by atoms with Crippen LogP contribution in [0.4, 0.5) is 5.69 Å². The van der Waals surface area contributed by atoms with Gasteiger partial charge in [0.2, 0.25) is 21.8 Å². The van der Waals surface area contributed by atoms with Crippen LogP contribution in [-0.2, 0) is 32.6 Å². The van der Waals surface area contributed by atoms with Crippen molar-refractivity contribution >= 4 is 27.5 Å². The van der Waals surface area contributed by atoms with Crippen LogP contribution >= 0.6 is 0 Å². The molecular weight excluding hydrogens is 538 g/mol. The molecule has 0 aromatic heterocycles. The van der Waals surface area contributed by atoms with E-state index in [1.165, 1.54) is 4.31 Å². The number of benzene rings is 3. The Morgan fingerprint density at radius 2 is 1.49 bits per heavy atom. The van der Waals surface area contributed by atoms with Crippen molar-refractivity contribution in [2.45, 2.75) is 52.1 Å². The van der Waals surface area contributed by atoms with E-state index in [-0.39, 0.29) is 31.3 Å². The Labute approximate surface area is 244 Å². The molecule has 2 amide bonds. The van der Waals surface area contributed by atoms with Gasteiger partial charge in [0, 0.05) is 32.5 Å². The molecule has 0 heterocycles. The van der Waals surface area contributed by atoms with Crippen molar-refractivity contribution in [2.24, 2.45) is 0 Å². The Bertz CT molecular complexity index is 1330. The van der Waals surface area contributed by atoms with E-state index in [0.717, 1.165) is 23.8 Å². The molecule has 0 aliphatic rings. The number of nitrogens with zero attached hydrogens (tertiary/aromatic N) is 2. The summed E-state index contributed by atoms with van der Waals surface area (Å²) in [5.74, 6) is 0.246. The smallest absolute Gasteiger partial charge is 0.243 e. The highest BCUT2D eigenvalue weighted by atomic mass is 32.2. The maximum absolute atomic E-state index is 13.8. The van der Waals surface area contributed by atoms with Crippen LogP contribution in [-0.4, -0.2) is 57.1 Å². The second kappa shape index (κ2) is 15.8. The maximum atomic E-state index is 13.8. The fourth-order valence-electron chi connectivity index (χ4n) is 4.58. The molecule has 8 nitrogen and oxygen atoms in total. The average Bonchev–Trinajstić information content (AvgIpc) is 2.97. The van der Waals surface area contributed by atoms with E-state index >= 15 is 0 Å². The summed E-state index contributed by atoms with van der Waals surface area (Å²) >= 11 is 0. The lowest BCUT2D eigenvalue weighted by Gasteiger charge is -2.32. The monoisotopic (exact) mass is 579 g/mol. The normalized spacial score (nSPS) is 11.9. The summed E-state index contributed by atoms with van der Waals surface area (Å²) in [5.41, 5.74) is 2.37. The van der Waals surface area contributed by atoms with Crippen LogP contribution in [0.2, 0.25) is 0 Å². The van der Waals surface area contributed by atoms with Gasteiger partial charge in [-0.2, -0.15) is 0 Å². The molecule has 3 aromatic rings. The maximum Gasteiger partial charge on any atom is 0.243 e. The molecule has 0 aliphatic heterocycles. The van der Waals surface area contributed by atoms with Gasteiger partial charge in [-0.05, 0) is 55.2 Å². The quantitative estimate of drug-likeness (QED) is 0.263. The van der Waals surface area contributed by atoms with Crippen molar-refractivity contribution in [1.82, 2.24) is 10.2 Å². The third-order valence-corrected chi connectivity index (χ3v) is 7.80. The molecule has 1 atom stereocenters. The van der Waals surface area contributed by atoms with Gasteiger partial charge >= 0.3 is 0 Å². The first-order valence-electron chi connectivity index (χ1n) is 14.1. The Morgan fingerprint density at radius 1 is 0.878 bits per heavy atom. The number of hydrogen-bond donors (Lipinski definition) is 1. The van der Waals surface area contributed by atoms with E-state index in [2.05, 4.69) is 5.32 Å². The van der Waals surface area contributed by atoms with E-state index in [1.807, 2.05) is 74.5 Å². The predicted octanol–water partition coefficient (Wildman–Crippen LogP) is 4.80. The molecule has 3 rings (SSSR count). The molecule has 9 heteroatoms. The first-order valence-corrected chi connectivity index (χ1v) is 15.9. The van der Waals surface area contributed by atoms with Gasteiger partial charge in [0.1, 0.15) is 11.8 Å². The molecule has 41 heavy (non-hydrogen) atoms. The van der Waals surface area contributed by atoms with Gasteiger partial charge in [-0.3, -0.25) is 13.9 Å². The largest absolute Gasteiger partial charge is 0.494 e. The van der Waals surface area contributed by atoms with Crippen LogP contribution < -0.4 is 14.4 Å². The highest BCUT2D eigenvalue weighted by Crippen LogP contribution is 2.23. The van der Waals surface area contributed by atoms with Gasteiger partial charge in [-0.1, -0.05) is 67.6 Å². The summed E-state index contributed by atoms with van der Waals surface area (Å²) in [6, 6.07) is 25.4. The Balaban J connectivity index is 1.82. The standard InChI is InChI=1S/C32H41N3O5S/c1-4-22-33-32(37)30(24-26-13-8-6-9-14-26)34(25-27-15-10-7-11-16-27)31(36)17-12-23-35(41(3,38)39)28-18-20-29(21-19-28)40-5-2/h6-11,13-16,18-21,30H,4-5,12,17,22-25H2,1-3H3,(H,33,37)/t30-/m1/s1. The summed E-state index contributed by atoms with van der Waals surface area (Å²) < 4.78 is 32.1. The molecule has 0 saturated heterocycles. The lowest BCUT2D eigenvalue weighted by Crippen LogP contribution is -2.50. The number of amides is 2. The summed E-state index contributed by atoms with van der Waals surface area (Å²) in [6.45, 7) is 5.29. The summed E-state index contributed by atoms with van der Waals surface area (Å²) in [6.07, 6.45) is 2.68. The Morgan fingerprint density at radius 3 is 2.05 bits per heavy atom. The van der Waals surface area contributed by atoms with Gasteiger partial charge in [0.25, 0.3) is 0 Å². The van der Waals surface area contributed by atoms with Crippen molar-refractivity contribution < 1.29 is 22.7 Å². The minimum atomic E-state index is -3.59. The zero-order chi connectivity index (χ0) is 29.7. The summed E-state index contributed by atoms with van der Waals surface area (Å²) in [4.78, 5) is 28.8. The minimum Gasteiger partial charge on any atom is -0.494 e. The number of sulfonamides is 1. The zero-order valence-corrected chi connectivity index (χ0v) is 25.0. The molecule has 0 saturated carbocycles. The van der Waals surface area contributed by atoms with Crippen molar-refractivity contribution in [3.05, 3.63) is 96.1 Å². The number of rotatable bonds is 16. The Hall–Kier alpha value is -3.85. The number of ether oxygens (including phenoxy) is 1. The van der Waals surface area contributed by atoms with Crippen molar-refractivity contribution in [2.75, 3.05) is 30.3 Å². The van der Waals surface area contributed by atoms with Crippen LogP contribution in [0.25, 0.3) is 0 Å². The predicted molar refractivity (Wildman–Crippen MR) is 163 cm³/mol. The van der Waals surface area contributed by atoms with Gasteiger partial charge in [-0.25, -0.2) is 8.42 Å². The SMILES string of the molecule is CCCNC(=O)[C@@H](Cc1ccccc1)N(Cc1ccccc1)C(=O)CCCN(c1ccc(OCC)cc1)S(C)(=O)=O. The van der Waals surface area contributed by atoms with Crippen LogP contribution in [0, 0.1) is 0 Å². The molecule has 0 fully saturated rings. The van der Waals surface area contributed by atoms with Gasteiger partial charge < -0.3 is 15.0 Å². The fraction of sp³-hybridized carbons (Fsp3) is 0.375. The van der Waals surface area contributed by atoms with Gasteiger partial charge in [0.15, 0.2) is 0 Å². The molecule has 0 spiro atoms. The van der Waals surface area contributed by atoms with Crippen molar-refractivity contribution in [3.63, 3.8) is 0 Å². The number of carbonyl (C=O) groups is 2. The molecule has 0 aliphatic carbocycles. The van der Waals surface area contributed by atoms with Gasteiger partial charge in [-0.15, -0.1) is 0 Å². The average molecular weight is 580 g/mol. The molecular formula is C32H41N3O5S. The molecule has 3 aromatic carbocycles. The lowest BCUT2D eigenvalue weighted by atomic mass is 10.0. The lowest BCUT2D eigenvalue weighted by molar-refractivity contribution is -0.141. The number of nitrogens with one attached hydrogen (secondary N) is 1. The van der Waals surface area contributed by atoms with E-state index in [1.54, 1.807) is 29.2 Å². The molecule has 1 N–H and O–H groups in total. The van der Waals surface area contributed by atoms with Crippen LogP contribution in [0.15, 0.2) is 84.9 Å². The third kappa shape index (κ3) is 9.93. The highest BCUT2D eigenvalue weighted by molar-refractivity contribution is 7.92. The van der Waals surface area contributed by atoms with E-state index in [4.69, 9.17) is 4.74 Å². The number of anilines is 1. The topological polar surface area (TPSA) is 96.0 Å². The van der Waals surface area contributed by atoms with Crippen LogP contribution in [0.3, 0.4) is 0 Å². The summed E-state index contributed by atoms with van der Waals surface area (Å²) in [7, 11) is -3.59.